The first kappa shape index (κ1) is 10.1. The monoisotopic (exact) mass is 210 g/mol. The van der Waals surface area contributed by atoms with Crippen LogP contribution in [0.3, 0.4) is 0 Å². The van der Waals surface area contributed by atoms with Crippen molar-refractivity contribution in [2.75, 3.05) is 13.1 Å². The third-order valence-electron chi connectivity index (χ3n) is 2.79. The van der Waals surface area contributed by atoms with Crippen molar-refractivity contribution in [2.24, 2.45) is 0 Å². The lowest BCUT2D eigenvalue weighted by molar-refractivity contribution is 0.361. The average Bonchev–Trinajstić information content (AvgIpc) is 2.72. The van der Waals surface area contributed by atoms with Gasteiger partial charge in [0.05, 0.1) is 0 Å². The Hall–Kier alpha value is -0.380. The van der Waals surface area contributed by atoms with Gasteiger partial charge >= 0.3 is 0 Å². The number of hydrogen-bond donors (Lipinski definition) is 2. The van der Waals surface area contributed by atoms with E-state index in [-0.39, 0.29) is 0 Å². The molecule has 1 aliphatic rings. The van der Waals surface area contributed by atoms with E-state index >= 15 is 0 Å². The van der Waals surface area contributed by atoms with Gasteiger partial charge in [-0.3, -0.25) is 0 Å². The molecule has 1 saturated heterocycles. The molecule has 1 fully saturated rings. The Morgan fingerprint density at radius 1 is 1.50 bits per heavy atom. The first-order chi connectivity index (χ1) is 6.86. The lowest BCUT2D eigenvalue weighted by atomic mass is 10.1. The zero-order valence-electron chi connectivity index (χ0n) is 8.62. The van der Waals surface area contributed by atoms with Crippen LogP contribution in [0, 0.1) is 0 Å². The fourth-order valence-electron chi connectivity index (χ4n) is 1.96. The number of piperidine rings is 1. The molecule has 1 aliphatic heterocycles. The highest BCUT2D eigenvalue weighted by Gasteiger charge is 2.15. The standard InChI is InChI=1S/C11H18N2S/c1-9(11-3-2-8-14-11)13-10-4-6-12-7-5-10/h2-3,8-10,12-13H,4-7H2,1H3. The summed E-state index contributed by atoms with van der Waals surface area (Å²) in [5.41, 5.74) is 0. The minimum Gasteiger partial charge on any atom is -0.317 e. The SMILES string of the molecule is CC(NC1CCNCC1)c1cccs1. The van der Waals surface area contributed by atoms with Crippen LogP contribution in [0.2, 0.25) is 0 Å². The lowest BCUT2D eigenvalue weighted by Gasteiger charge is -2.26. The molecule has 1 aromatic heterocycles. The molecule has 0 bridgehead atoms. The summed E-state index contributed by atoms with van der Waals surface area (Å²) in [6, 6.07) is 5.55. The van der Waals surface area contributed by atoms with Crippen LogP contribution < -0.4 is 10.6 Å². The molecule has 2 heterocycles. The highest BCUT2D eigenvalue weighted by Crippen LogP contribution is 2.19. The Balaban J connectivity index is 1.84. The van der Waals surface area contributed by atoms with Crippen LogP contribution in [0.4, 0.5) is 0 Å². The van der Waals surface area contributed by atoms with Crippen molar-refractivity contribution in [1.29, 1.82) is 0 Å². The van der Waals surface area contributed by atoms with Crippen LogP contribution in [0.25, 0.3) is 0 Å². The molecule has 2 rings (SSSR count). The third-order valence-corrected chi connectivity index (χ3v) is 3.85. The van der Waals surface area contributed by atoms with Gasteiger partial charge in [0.25, 0.3) is 0 Å². The summed E-state index contributed by atoms with van der Waals surface area (Å²) in [7, 11) is 0. The normalized spacial score (nSPS) is 20.9. The summed E-state index contributed by atoms with van der Waals surface area (Å²) in [6.07, 6.45) is 2.52. The Bertz CT molecular complexity index is 252. The molecule has 0 amide bonds. The molecule has 3 heteroatoms. The van der Waals surface area contributed by atoms with Crippen LogP contribution in [-0.2, 0) is 0 Å². The number of hydrogen-bond acceptors (Lipinski definition) is 3. The Morgan fingerprint density at radius 3 is 2.93 bits per heavy atom. The highest BCUT2D eigenvalue weighted by atomic mass is 32.1. The highest BCUT2D eigenvalue weighted by molar-refractivity contribution is 7.10. The van der Waals surface area contributed by atoms with Gasteiger partial charge in [-0.05, 0) is 44.3 Å². The van der Waals surface area contributed by atoms with Gasteiger partial charge in [-0.2, -0.15) is 0 Å². The maximum Gasteiger partial charge on any atom is 0.0388 e. The van der Waals surface area contributed by atoms with Gasteiger partial charge in [-0.15, -0.1) is 11.3 Å². The van der Waals surface area contributed by atoms with Gasteiger partial charge in [0.2, 0.25) is 0 Å². The molecule has 0 aromatic carbocycles. The minimum absolute atomic E-state index is 0.512. The van der Waals surface area contributed by atoms with E-state index in [9.17, 15) is 0 Å². The predicted molar refractivity (Wildman–Crippen MR) is 61.8 cm³/mol. The maximum atomic E-state index is 3.69. The smallest absolute Gasteiger partial charge is 0.0388 e. The largest absolute Gasteiger partial charge is 0.317 e. The van der Waals surface area contributed by atoms with Crippen molar-refractivity contribution < 1.29 is 0 Å². The summed E-state index contributed by atoms with van der Waals surface area (Å²) in [5, 5.41) is 9.23. The van der Waals surface area contributed by atoms with Crippen molar-refractivity contribution in [1.82, 2.24) is 10.6 Å². The molecule has 1 atom stereocenters. The van der Waals surface area contributed by atoms with Crippen molar-refractivity contribution in [3.05, 3.63) is 22.4 Å². The van der Waals surface area contributed by atoms with E-state index in [0.717, 1.165) is 13.1 Å². The molecule has 2 nitrogen and oxygen atoms in total. The first-order valence-corrected chi connectivity index (χ1v) is 6.24. The third kappa shape index (κ3) is 2.56. The molecule has 2 N–H and O–H groups in total. The van der Waals surface area contributed by atoms with Crippen LogP contribution in [-0.4, -0.2) is 19.1 Å². The average molecular weight is 210 g/mol. The topological polar surface area (TPSA) is 24.1 Å². The second kappa shape index (κ2) is 4.91. The quantitative estimate of drug-likeness (QED) is 0.799. The van der Waals surface area contributed by atoms with E-state index in [1.807, 2.05) is 11.3 Å². The van der Waals surface area contributed by atoms with Crippen molar-refractivity contribution in [3.63, 3.8) is 0 Å². The first-order valence-electron chi connectivity index (χ1n) is 5.36. The second-order valence-corrected chi connectivity index (χ2v) is 4.91. The van der Waals surface area contributed by atoms with Crippen molar-refractivity contribution in [3.8, 4) is 0 Å². The molecule has 78 valence electrons. The van der Waals surface area contributed by atoms with Crippen molar-refractivity contribution >= 4 is 11.3 Å². The van der Waals surface area contributed by atoms with Crippen LogP contribution in [0.1, 0.15) is 30.7 Å². The molecule has 1 unspecified atom stereocenters. The van der Waals surface area contributed by atoms with E-state index in [1.165, 1.54) is 17.7 Å². The summed E-state index contributed by atoms with van der Waals surface area (Å²) in [4.78, 5) is 1.45. The lowest BCUT2D eigenvalue weighted by Crippen LogP contribution is -2.40. The predicted octanol–water partition coefficient (Wildman–Crippen LogP) is 2.15. The van der Waals surface area contributed by atoms with Gasteiger partial charge in [0, 0.05) is 17.0 Å². The van der Waals surface area contributed by atoms with Gasteiger partial charge in [-0.25, -0.2) is 0 Å². The molecular formula is C11H18N2S. The number of nitrogens with one attached hydrogen (secondary N) is 2. The second-order valence-electron chi connectivity index (χ2n) is 3.93. The fourth-order valence-corrected chi connectivity index (χ4v) is 2.71. The molecule has 0 radical (unpaired) electrons. The molecule has 0 spiro atoms. The number of thiophene rings is 1. The molecular weight excluding hydrogens is 192 g/mol. The van der Waals surface area contributed by atoms with E-state index < -0.39 is 0 Å². The van der Waals surface area contributed by atoms with E-state index in [2.05, 4.69) is 35.1 Å². The van der Waals surface area contributed by atoms with E-state index in [1.54, 1.807) is 0 Å². The van der Waals surface area contributed by atoms with Gasteiger partial charge < -0.3 is 10.6 Å². The summed E-state index contributed by atoms with van der Waals surface area (Å²) in [5.74, 6) is 0. The van der Waals surface area contributed by atoms with Crippen LogP contribution in [0.5, 0.6) is 0 Å². The zero-order valence-corrected chi connectivity index (χ0v) is 9.44. The zero-order chi connectivity index (χ0) is 9.80. The van der Waals surface area contributed by atoms with E-state index in [0.29, 0.717) is 12.1 Å². The van der Waals surface area contributed by atoms with Gasteiger partial charge in [0.1, 0.15) is 0 Å². The number of rotatable bonds is 3. The van der Waals surface area contributed by atoms with Crippen molar-refractivity contribution in [2.45, 2.75) is 31.8 Å². The summed E-state index contributed by atoms with van der Waals surface area (Å²) < 4.78 is 0. The Labute approximate surface area is 89.7 Å². The van der Waals surface area contributed by atoms with Gasteiger partial charge in [-0.1, -0.05) is 6.07 Å². The van der Waals surface area contributed by atoms with Gasteiger partial charge in [0.15, 0.2) is 0 Å². The molecule has 0 saturated carbocycles. The van der Waals surface area contributed by atoms with Crippen LogP contribution >= 0.6 is 11.3 Å². The molecule has 1 aromatic rings. The Morgan fingerprint density at radius 2 is 2.29 bits per heavy atom. The molecule has 14 heavy (non-hydrogen) atoms. The Kier molecular flexibility index (Phi) is 3.56. The minimum atomic E-state index is 0.512. The fraction of sp³-hybridized carbons (Fsp3) is 0.636. The van der Waals surface area contributed by atoms with Crippen LogP contribution in [0.15, 0.2) is 17.5 Å². The maximum absolute atomic E-state index is 3.69. The van der Waals surface area contributed by atoms with E-state index in [4.69, 9.17) is 0 Å². The molecule has 0 aliphatic carbocycles. The summed E-state index contributed by atoms with van der Waals surface area (Å²) >= 11 is 1.84. The summed E-state index contributed by atoms with van der Waals surface area (Å²) in [6.45, 7) is 4.58.